The molecule has 0 aromatic rings. The monoisotopic (exact) mass is 410 g/mol. The van der Waals surface area contributed by atoms with Crippen LogP contribution in [0.2, 0.25) is 0 Å². The smallest absolute Gasteiger partial charge is 0.309 e. The zero-order valence-corrected chi connectivity index (χ0v) is 19.3. The minimum Gasteiger partial charge on any atom is -0.481 e. The van der Waals surface area contributed by atoms with Crippen molar-refractivity contribution in [1.29, 1.82) is 0 Å². The van der Waals surface area contributed by atoms with E-state index < -0.39 is 5.97 Å². The fourth-order valence-electron chi connectivity index (χ4n) is 4.35. The molecule has 0 aromatic heterocycles. The zero-order chi connectivity index (χ0) is 21.5. The number of ether oxygens (including phenoxy) is 1. The number of carboxylic acid groups (broad SMARTS) is 1. The van der Waals surface area contributed by atoms with Gasteiger partial charge in [0.2, 0.25) is 0 Å². The zero-order valence-electron chi connectivity index (χ0n) is 19.3. The molecule has 1 unspecified atom stereocenters. The molecule has 1 saturated carbocycles. The van der Waals surface area contributed by atoms with Crippen molar-refractivity contribution in [3.8, 4) is 0 Å². The van der Waals surface area contributed by atoms with Crippen LogP contribution in [-0.4, -0.2) is 23.1 Å². The Balaban J connectivity index is 2.28. The van der Waals surface area contributed by atoms with Crippen molar-refractivity contribution in [3.63, 3.8) is 0 Å². The van der Waals surface area contributed by atoms with Crippen molar-refractivity contribution in [2.45, 2.75) is 130 Å². The van der Waals surface area contributed by atoms with Gasteiger partial charge in [-0.2, -0.15) is 0 Å². The molecule has 0 spiro atoms. The van der Waals surface area contributed by atoms with E-state index in [0.29, 0.717) is 25.7 Å². The fraction of sp³-hybridized carbons (Fsp3) is 0.920. The summed E-state index contributed by atoms with van der Waals surface area (Å²) in [4.78, 5) is 23.7. The highest BCUT2D eigenvalue weighted by Gasteiger charge is 2.31. The third-order valence-corrected chi connectivity index (χ3v) is 6.38. The number of carbonyl (C=O) groups excluding carboxylic acids is 1. The Labute approximate surface area is 179 Å². The Morgan fingerprint density at radius 1 is 0.793 bits per heavy atom. The van der Waals surface area contributed by atoms with Crippen molar-refractivity contribution in [2.24, 2.45) is 17.8 Å². The Morgan fingerprint density at radius 3 is 1.79 bits per heavy atom. The van der Waals surface area contributed by atoms with E-state index in [1.807, 2.05) is 0 Å². The van der Waals surface area contributed by atoms with Crippen LogP contribution in [0.3, 0.4) is 0 Å². The number of carbonyl (C=O) groups is 2. The number of aliphatic carboxylic acids is 1. The second-order valence-electron chi connectivity index (χ2n) is 9.53. The number of carboxylic acids is 1. The molecule has 1 aliphatic carbocycles. The molecule has 0 heterocycles. The van der Waals surface area contributed by atoms with E-state index in [0.717, 1.165) is 31.6 Å². The van der Waals surface area contributed by atoms with Gasteiger partial charge in [0, 0.05) is 0 Å². The lowest BCUT2D eigenvalue weighted by Gasteiger charge is -2.27. The predicted octanol–water partition coefficient (Wildman–Crippen LogP) is 7.15. The third-order valence-electron chi connectivity index (χ3n) is 6.38. The first-order chi connectivity index (χ1) is 13.9. The van der Waals surface area contributed by atoms with Gasteiger partial charge in [-0.05, 0) is 57.3 Å². The van der Waals surface area contributed by atoms with Gasteiger partial charge in [0.25, 0.3) is 0 Å². The molecular weight excluding hydrogens is 364 g/mol. The van der Waals surface area contributed by atoms with Crippen LogP contribution < -0.4 is 0 Å². The van der Waals surface area contributed by atoms with Gasteiger partial charge in [-0.25, -0.2) is 0 Å². The molecule has 0 bridgehead atoms. The molecule has 4 heteroatoms. The van der Waals surface area contributed by atoms with Gasteiger partial charge < -0.3 is 9.84 Å². The number of rotatable bonds is 16. The van der Waals surface area contributed by atoms with Crippen LogP contribution in [0.4, 0.5) is 0 Å². The summed E-state index contributed by atoms with van der Waals surface area (Å²) in [7, 11) is 0. The summed E-state index contributed by atoms with van der Waals surface area (Å²) in [6.45, 7) is 6.77. The molecule has 1 fully saturated rings. The highest BCUT2D eigenvalue weighted by atomic mass is 16.5. The molecule has 1 rings (SSSR count). The molecule has 0 aromatic carbocycles. The number of hydrogen-bond donors (Lipinski definition) is 1. The molecule has 4 nitrogen and oxygen atoms in total. The Morgan fingerprint density at radius 2 is 1.28 bits per heavy atom. The first-order valence-electron chi connectivity index (χ1n) is 12.4. The average Bonchev–Trinajstić information content (AvgIpc) is 2.69. The highest BCUT2D eigenvalue weighted by molar-refractivity contribution is 5.74. The van der Waals surface area contributed by atoms with Gasteiger partial charge in [0.1, 0.15) is 6.10 Å². The second kappa shape index (κ2) is 15.7. The topological polar surface area (TPSA) is 63.6 Å². The molecule has 1 aliphatic rings. The molecule has 0 saturated heterocycles. The van der Waals surface area contributed by atoms with Crippen LogP contribution in [-0.2, 0) is 14.3 Å². The maximum Gasteiger partial charge on any atom is 0.309 e. The minimum atomic E-state index is -0.724. The van der Waals surface area contributed by atoms with Gasteiger partial charge in [-0.3, -0.25) is 9.59 Å². The molecule has 1 N–H and O–H groups in total. The average molecular weight is 411 g/mol. The van der Waals surface area contributed by atoms with E-state index in [1.54, 1.807) is 0 Å². The van der Waals surface area contributed by atoms with E-state index in [4.69, 9.17) is 9.84 Å². The van der Waals surface area contributed by atoms with E-state index in [1.165, 1.54) is 51.4 Å². The Hall–Kier alpha value is -1.06. The third kappa shape index (κ3) is 12.3. The van der Waals surface area contributed by atoms with Crippen LogP contribution >= 0.6 is 0 Å². The molecule has 0 aliphatic heterocycles. The summed E-state index contributed by atoms with van der Waals surface area (Å²) in [6.07, 6.45) is 17.0. The van der Waals surface area contributed by atoms with E-state index in [-0.39, 0.29) is 23.9 Å². The number of esters is 1. The van der Waals surface area contributed by atoms with Gasteiger partial charge in [0.15, 0.2) is 0 Å². The van der Waals surface area contributed by atoms with Crippen LogP contribution in [0.15, 0.2) is 0 Å². The Bertz CT molecular complexity index is 438. The van der Waals surface area contributed by atoms with Crippen molar-refractivity contribution in [3.05, 3.63) is 0 Å². The second-order valence-corrected chi connectivity index (χ2v) is 9.53. The SMILES string of the molecule is CCCCCC(CCCCCCCCC(C)C)OC(=O)C1CCC(C(=O)O)CC1. The first kappa shape index (κ1) is 26.0. The normalized spacial score (nSPS) is 20.6. The van der Waals surface area contributed by atoms with Crippen molar-refractivity contribution in [2.75, 3.05) is 0 Å². The quantitative estimate of drug-likeness (QED) is 0.217. The molecule has 0 radical (unpaired) electrons. The van der Waals surface area contributed by atoms with Crippen LogP contribution in [0.5, 0.6) is 0 Å². The standard InChI is InChI=1S/C25H46O4/c1-4-5-10-14-23(15-12-9-7-6-8-11-13-20(2)3)29-25(28)22-18-16-21(17-19-22)24(26)27/h20-23H,4-19H2,1-3H3,(H,26,27). The van der Waals surface area contributed by atoms with E-state index in [9.17, 15) is 9.59 Å². The summed E-state index contributed by atoms with van der Waals surface area (Å²) in [5.74, 6) is -0.365. The van der Waals surface area contributed by atoms with Crippen LogP contribution in [0.1, 0.15) is 124 Å². The van der Waals surface area contributed by atoms with Crippen molar-refractivity contribution >= 4 is 11.9 Å². The minimum absolute atomic E-state index is 0.0483. The Kier molecular flexibility index (Phi) is 14.1. The van der Waals surface area contributed by atoms with E-state index >= 15 is 0 Å². The van der Waals surface area contributed by atoms with Gasteiger partial charge in [-0.1, -0.05) is 72.1 Å². The lowest BCUT2D eigenvalue weighted by molar-refractivity contribution is -0.158. The number of hydrogen-bond acceptors (Lipinski definition) is 3. The summed E-state index contributed by atoms with van der Waals surface area (Å²) < 4.78 is 5.92. The van der Waals surface area contributed by atoms with Gasteiger partial charge in [-0.15, -0.1) is 0 Å². The molecular formula is C25H46O4. The lowest BCUT2D eigenvalue weighted by atomic mass is 9.82. The fourth-order valence-corrected chi connectivity index (χ4v) is 4.35. The molecule has 0 amide bonds. The number of unbranched alkanes of at least 4 members (excludes halogenated alkanes) is 7. The highest BCUT2D eigenvalue weighted by Crippen LogP contribution is 2.30. The van der Waals surface area contributed by atoms with Crippen LogP contribution in [0.25, 0.3) is 0 Å². The summed E-state index contributed by atoms with van der Waals surface area (Å²) in [5.41, 5.74) is 0. The first-order valence-corrected chi connectivity index (χ1v) is 12.4. The predicted molar refractivity (Wildman–Crippen MR) is 119 cm³/mol. The maximum atomic E-state index is 12.6. The molecule has 29 heavy (non-hydrogen) atoms. The summed E-state index contributed by atoms with van der Waals surface area (Å²) >= 11 is 0. The summed E-state index contributed by atoms with van der Waals surface area (Å²) in [6, 6.07) is 0. The van der Waals surface area contributed by atoms with Gasteiger partial charge in [0.05, 0.1) is 11.8 Å². The van der Waals surface area contributed by atoms with Gasteiger partial charge >= 0.3 is 11.9 Å². The summed E-state index contributed by atoms with van der Waals surface area (Å²) in [5, 5.41) is 9.13. The molecule has 170 valence electrons. The largest absolute Gasteiger partial charge is 0.481 e. The van der Waals surface area contributed by atoms with Crippen molar-refractivity contribution < 1.29 is 19.4 Å². The molecule has 1 atom stereocenters. The lowest BCUT2D eigenvalue weighted by Crippen LogP contribution is -2.29. The maximum absolute atomic E-state index is 12.6. The van der Waals surface area contributed by atoms with Crippen LogP contribution in [0, 0.1) is 17.8 Å². The van der Waals surface area contributed by atoms with E-state index in [2.05, 4.69) is 20.8 Å². The van der Waals surface area contributed by atoms with Crippen molar-refractivity contribution in [1.82, 2.24) is 0 Å².